The Hall–Kier alpha value is -1.42. The van der Waals surface area contributed by atoms with Gasteiger partial charge >= 0.3 is 0 Å². The molecule has 0 aromatic carbocycles. The summed E-state index contributed by atoms with van der Waals surface area (Å²) in [4.78, 5) is 11.4. The molecule has 2 bridgehead atoms. The second-order valence-corrected chi connectivity index (χ2v) is 6.26. The molecule has 0 amide bonds. The Bertz CT molecular complexity index is 496. The summed E-state index contributed by atoms with van der Waals surface area (Å²) in [5, 5.41) is 3.74. The zero-order chi connectivity index (χ0) is 12.9. The molecular weight excluding hydrogens is 236 g/mol. The first-order chi connectivity index (χ1) is 9.26. The standard InChI is InChI=1S/C15H20N4/c1-19-12-2-3-13(19)9-15(8-12)10-17-14(18-15)11-4-6-16-7-5-11/h4-7,12-13H,2-3,8-10H2,1H3,(H,17,18). The Kier molecular flexibility index (Phi) is 2.42. The molecule has 2 unspecified atom stereocenters. The highest BCUT2D eigenvalue weighted by Gasteiger charge is 2.48. The maximum atomic E-state index is 4.76. The number of hydrogen-bond acceptors (Lipinski definition) is 4. The van der Waals surface area contributed by atoms with E-state index in [0.717, 1.165) is 30.0 Å². The number of rotatable bonds is 1. The first-order valence-electron chi connectivity index (χ1n) is 7.21. The molecule has 4 nitrogen and oxygen atoms in total. The van der Waals surface area contributed by atoms with E-state index in [1.54, 1.807) is 0 Å². The van der Waals surface area contributed by atoms with Crippen molar-refractivity contribution in [2.45, 2.75) is 43.3 Å². The summed E-state index contributed by atoms with van der Waals surface area (Å²) >= 11 is 0. The van der Waals surface area contributed by atoms with Gasteiger partial charge in [0.05, 0.1) is 12.1 Å². The molecule has 2 saturated heterocycles. The fraction of sp³-hybridized carbons (Fsp3) is 0.600. The van der Waals surface area contributed by atoms with Crippen molar-refractivity contribution in [1.82, 2.24) is 15.2 Å². The summed E-state index contributed by atoms with van der Waals surface area (Å²) in [6, 6.07) is 5.57. The zero-order valence-corrected chi connectivity index (χ0v) is 11.3. The van der Waals surface area contributed by atoms with Gasteiger partial charge in [0.2, 0.25) is 0 Å². The fourth-order valence-corrected chi connectivity index (χ4v) is 4.03. The molecule has 1 aromatic rings. The number of amidine groups is 1. The van der Waals surface area contributed by atoms with Crippen molar-refractivity contribution < 1.29 is 0 Å². The third-order valence-corrected chi connectivity index (χ3v) is 5.11. The average molecular weight is 256 g/mol. The summed E-state index contributed by atoms with van der Waals surface area (Å²) in [5.41, 5.74) is 1.38. The lowest BCUT2D eigenvalue weighted by atomic mass is 9.83. The smallest absolute Gasteiger partial charge is 0.128 e. The molecule has 1 N–H and O–H groups in total. The van der Waals surface area contributed by atoms with Crippen LogP contribution in [0.5, 0.6) is 0 Å². The van der Waals surface area contributed by atoms with Gasteiger partial charge in [-0.15, -0.1) is 0 Å². The molecule has 4 heterocycles. The van der Waals surface area contributed by atoms with Crippen molar-refractivity contribution in [3.05, 3.63) is 30.1 Å². The minimum absolute atomic E-state index is 0.219. The summed E-state index contributed by atoms with van der Waals surface area (Å²) in [6.45, 7) is 0.936. The van der Waals surface area contributed by atoms with Crippen molar-refractivity contribution in [3.8, 4) is 0 Å². The zero-order valence-electron chi connectivity index (χ0n) is 11.3. The molecule has 4 rings (SSSR count). The molecule has 1 aromatic heterocycles. The molecule has 3 aliphatic heterocycles. The summed E-state index contributed by atoms with van der Waals surface area (Å²) in [6.07, 6.45) is 8.85. The SMILES string of the molecule is CN1C2CCC1CC1(CN=C(c3ccncc3)N1)C2. The van der Waals surface area contributed by atoms with Crippen molar-refractivity contribution >= 4 is 5.84 Å². The van der Waals surface area contributed by atoms with Crippen LogP contribution in [0.1, 0.15) is 31.2 Å². The first-order valence-corrected chi connectivity index (χ1v) is 7.21. The van der Waals surface area contributed by atoms with E-state index >= 15 is 0 Å². The number of pyridine rings is 1. The predicted molar refractivity (Wildman–Crippen MR) is 75.3 cm³/mol. The summed E-state index contributed by atoms with van der Waals surface area (Å²) < 4.78 is 0. The fourth-order valence-electron chi connectivity index (χ4n) is 4.03. The maximum Gasteiger partial charge on any atom is 0.128 e. The van der Waals surface area contributed by atoms with Crippen LogP contribution in [0.15, 0.2) is 29.5 Å². The number of fused-ring (bicyclic) bond motifs is 2. The molecule has 0 saturated carbocycles. The average Bonchev–Trinajstić information content (AvgIpc) is 2.92. The number of nitrogens with zero attached hydrogens (tertiary/aromatic N) is 3. The molecule has 1 spiro atoms. The van der Waals surface area contributed by atoms with E-state index in [0.29, 0.717) is 0 Å². The second-order valence-electron chi connectivity index (χ2n) is 6.26. The molecule has 3 aliphatic rings. The quantitative estimate of drug-likeness (QED) is 0.826. The molecule has 2 atom stereocenters. The van der Waals surface area contributed by atoms with Crippen molar-refractivity contribution in [1.29, 1.82) is 0 Å². The van der Waals surface area contributed by atoms with Crippen LogP contribution in [0, 0.1) is 0 Å². The van der Waals surface area contributed by atoms with Crippen LogP contribution in [0.25, 0.3) is 0 Å². The van der Waals surface area contributed by atoms with Crippen molar-refractivity contribution in [2.24, 2.45) is 4.99 Å². The van der Waals surface area contributed by atoms with Gasteiger partial charge in [0.25, 0.3) is 0 Å². The molecule has 4 heteroatoms. The van der Waals surface area contributed by atoms with E-state index in [1.165, 1.54) is 25.7 Å². The number of nitrogens with one attached hydrogen (secondary N) is 1. The highest BCUT2D eigenvalue weighted by Crippen LogP contribution is 2.41. The maximum absolute atomic E-state index is 4.76. The van der Waals surface area contributed by atoms with Gasteiger partial charge in [-0.05, 0) is 44.9 Å². The van der Waals surface area contributed by atoms with E-state index in [2.05, 4.69) is 22.2 Å². The topological polar surface area (TPSA) is 40.5 Å². The van der Waals surface area contributed by atoms with Crippen LogP contribution >= 0.6 is 0 Å². The lowest BCUT2D eigenvalue weighted by Crippen LogP contribution is -2.57. The minimum atomic E-state index is 0.219. The van der Waals surface area contributed by atoms with Crippen LogP contribution < -0.4 is 5.32 Å². The number of aromatic nitrogens is 1. The minimum Gasteiger partial charge on any atom is -0.362 e. The largest absolute Gasteiger partial charge is 0.362 e. The van der Waals surface area contributed by atoms with Crippen LogP contribution in [-0.4, -0.2) is 46.9 Å². The third kappa shape index (κ3) is 1.77. The predicted octanol–water partition coefficient (Wildman–Crippen LogP) is 1.43. The summed E-state index contributed by atoms with van der Waals surface area (Å²) in [7, 11) is 2.29. The highest BCUT2D eigenvalue weighted by molar-refractivity contribution is 6.00. The Morgan fingerprint density at radius 1 is 1.21 bits per heavy atom. The van der Waals surface area contributed by atoms with Crippen molar-refractivity contribution in [2.75, 3.05) is 13.6 Å². The molecule has 2 fully saturated rings. The van der Waals surface area contributed by atoms with E-state index < -0.39 is 0 Å². The van der Waals surface area contributed by atoms with E-state index in [-0.39, 0.29) is 5.54 Å². The second kappa shape index (κ2) is 4.04. The lowest BCUT2D eigenvalue weighted by molar-refractivity contribution is 0.111. The molecular formula is C15H20N4. The Morgan fingerprint density at radius 2 is 1.89 bits per heavy atom. The molecule has 0 radical (unpaired) electrons. The number of aliphatic imine (C=N–C) groups is 1. The van der Waals surface area contributed by atoms with Crippen LogP contribution in [0.2, 0.25) is 0 Å². The Morgan fingerprint density at radius 3 is 2.58 bits per heavy atom. The van der Waals surface area contributed by atoms with Gasteiger partial charge in [-0.1, -0.05) is 0 Å². The molecule has 19 heavy (non-hydrogen) atoms. The highest BCUT2D eigenvalue weighted by atomic mass is 15.2. The van der Waals surface area contributed by atoms with Gasteiger partial charge in [0.1, 0.15) is 5.84 Å². The number of piperidine rings is 1. The normalized spacial score (nSPS) is 37.4. The third-order valence-electron chi connectivity index (χ3n) is 5.11. The van der Waals surface area contributed by atoms with Crippen molar-refractivity contribution in [3.63, 3.8) is 0 Å². The van der Waals surface area contributed by atoms with Gasteiger partial charge < -0.3 is 10.2 Å². The lowest BCUT2D eigenvalue weighted by Gasteiger charge is -2.43. The van der Waals surface area contributed by atoms with E-state index in [9.17, 15) is 0 Å². The van der Waals surface area contributed by atoms with Gasteiger partial charge in [0.15, 0.2) is 0 Å². The van der Waals surface area contributed by atoms with Crippen LogP contribution in [-0.2, 0) is 0 Å². The van der Waals surface area contributed by atoms with E-state index in [1.807, 2.05) is 24.5 Å². The van der Waals surface area contributed by atoms with Gasteiger partial charge in [0, 0.05) is 30.0 Å². The molecule has 100 valence electrons. The monoisotopic (exact) mass is 256 g/mol. The Balaban J connectivity index is 1.55. The van der Waals surface area contributed by atoms with Crippen LogP contribution in [0.4, 0.5) is 0 Å². The number of hydrogen-bond donors (Lipinski definition) is 1. The van der Waals surface area contributed by atoms with Gasteiger partial charge in [-0.25, -0.2) is 0 Å². The summed E-state index contributed by atoms with van der Waals surface area (Å²) in [5.74, 6) is 1.06. The molecule has 0 aliphatic carbocycles. The van der Waals surface area contributed by atoms with E-state index in [4.69, 9.17) is 4.99 Å². The first kappa shape index (κ1) is 11.4. The van der Waals surface area contributed by atoms with Crippen LogP contribution in [0.3, 0.4) is 0 Å². The Labute approximate surface area is 113 Å². The van der Waals surface area contributed by atoms with Gasteiger partial charge in [-0.2, -0.15) is 0 Å². The van der Waals surface area contributed by atoms with Gasteiger partial charge in [-0.3, -0.25) is 9.98 Å².